The second-order valence-electron chi connectivity index (χ2n) is 18.6. The Morgan fingerprint density at radius 1 is 0.882 bits per heavy atom. The zero-order valence-corrected chi connectivity index (χ0v) is 43.5. The minimum absolute atomic E-state index is 0.0218. The third-order valence-corrected chi connectivity index (χ3v) is 13.3. The van der Waals surface area contributed by atoms with E-state index in [4.69, 9.17) is 30.8 Å². The minimum atomic E-state index is -4.49. The number of fused-ring (bicyclic) bond motifs is 5. The fourth-order valence-corrected chi connectivity index (χ4v) is 9.14. The molecule has 4 bridgehead atoms. The lowest BCUT2D eigenvalue weighted by Gasteiger charge is -2.33. The summed E-state index contributed by atoms with van der Waals surface area (Å²) in [6.07, 6.45) is 3.20. The lowest BCUT2D eigenvalue weighted by atomic mass is 9.93. The van der Waals surface area contributed by atoms with E-state index in [1.165, 1.54) is 44.7 Å². The number of nitrogens with two attached hydrogens (primary N) is 3. The van der Waals surface area contributed by atoms with Crippen molar-refractivity contribution in [3.8, 4) is 45.8 Å². The molecule has 0 spiro atoms. The predicted molar refractivity (Wildman–Crippen MR) is 277 cm³/mol. The average molecular weight is 1070 g/mol. The van der Waals surface area contributed by atoms with Crippen molar-refractivity contribution in [1.82, 2.24) is 40.9 Å². The van der Waals surface area contributed by atoms with E-state index < -0.39 is 82.7 Å². The molecule has 1 aromatic heterocycles. The van der Waals surface area contributed by atoms with E-state index in [1.807, 2.05) is 30.3 Å². The van der Waals surface area contributed by atoms with E-state index in [9.17, 15) is 47.9 Å². The number of aryl methyl sites for hydroxylation is 2. The van der Waals surface area contributed by atoms with E-state index in [0.717, 1.165) is 30.6 Å². The van der Waals surface area contributed by atoms with Crippen LogP contribution in [0.2, 0.25) is 0 Å². The zero-order chi connectivity index (χ0) is 55.3. The highest BCUT2D eigenvalue weighted by molar-refractivity contribution is 7.87. The Kier molecular flexibility index (Phi) is 20.2. The summed E-state index contributed by atoms with van der Waals surface area (Å²) < 4.78 is 45.1. The molecular weight excluding hydrogens is 1000 g/mol. The molecule has 6 rings (SSSR count). The highest BCUT2D eigenvalue weighted by Crippen LogP contribution is 2.40. The molecule has 3 aromatic carbocycles. The number of nitrogens with zero attached hydrogens (tertiary/aromatic N) is 4. The van der Waals surface area contributed by atoms with Gasteiger partial charge in [0.2, 0.25) is 23.6 Å². The number of aromatic nitrogens is 2. The molecule has 1 fully saturated rings. The molecule has 0 radical (unpaired) electrons. The quantitative estimate of drug-likeness (QED) is 0.0513. The lowest BCUT2D eigenvalue weighted by Crippen LogP contribution is -2.57. The van der Waals surface area contributed by atoms with Crippen LogP contribution in [-0.4, -0.2) is 146 Å². The van der Waals surface area contributed by atoms with E-state index in [-0.39, 0.29) is 90.5 Å². The monoisotopic (exact) mass is 1070 g/mol. The molecular formula is C51H66N12O12S. The van der Waals surface area contributed by atoms with Crippen LogP contribution in [0.3, 0.4) is 0 Å². The number of nitrogens with one attached hydrogen (secondary N) is 5. The second kappa shape index (κ2) is 26.4. The number of aliphatic hydroxyl groups is 2. The molecule has 4 aromatic rings. The van der Waals surface area contributed by atoms with Gasteiger partial charge in [-0.05, 0) is 106 Å². The standard InChI is InChI=1S/C51H66N12O12S/c1-28-44(29(2)59-46(58-28)32-11-14-37(15-12-32)75-36-8-6-5-7-9-36)49(68)62-41(25-57-76(55,71)72)51(70)63(4)45-33-13-17-43(74-27-35(65)24-54)39(22-33)38-20-31(10-16-42(38)73-26-34(64)23-53)21-40(48(67)56-19-18-52)61-47(66)30(3)60-50(45)69/h10-17,20,22,30,34-36,40-41,45,57,64-65H,5-9,19,21,23-27,53-54H2,1-4H3,(H,56,67)(H,60,69)(H,61,66)(H,62,68)(H2,55,71,72). The number of nitriles is 1. The lowest BCUT2D eigenvalue weighted by molar-refractivity contribution is -0.141. The van der Waals surface area contributed by atoms with Crippen molar-refractivity contribution >= 4 is 39.7 Å². The average Bonchev–Trinajstić information content (AvgIpc) is 3.39. The zero-order valence-electron chi connectivity index (χ0n) is 42.7. The Bertz CT molecular complexity index is 2870. The normalized spacial score (nSPS) is 18.3. The van der Waals surface area contributed by atoms with E-state index in [1.54, 1.807) is 26.0 Å². The predicted octanol–water partition coefficient (Wildman–Crippen LogP) is -0.188. The summed E-state index contributed by atoms with van der Waals surface area (Å²) in [5, 5.41) is 45.7. The van der Waals surface area contributed by atoms with Gasteiger partial charge in [0.25, 0.3) is 16.1 Å². The highest BCUT2D eigenvalue weighted by atomic mass is 32.2. The topological polar surface area (TPSA) is 379 Å². The summed E-state index contributed by atoms with van der Waals surface area (Å²) in [4.78, 5) is 81.5. The van der Waals surface area contributed by atoms with Crippen molar-refractivity contribution in [1.29, 1.82) is 5.26 Å². The maximum absolute atomic E-state index is 15.0. The Morgan fingerprint density at radius 2 is 1.49 bits per heavy atom. The molecule has 5 amide bonds. The van der Waals surface area contributed by atoms with Crippen LogP contribution in [0.15, 0.2) is 60.7 Å². The van der Waals surface area contributed by atoms with Crippen molar-refractivity contribution in [2.45, 2.75) is 102 Å². The van der Waals surface area contributed by atoms with Gasteiger partial charge in [-0.15, -0.1) is 0 Å². The summed E-state index contributed by atoms with van der Waals surface area (Å²) >= 11 is 0. The van der Waals surface area contributed by atoms with Crippen molar-refractivity contribution in [3.63, 3.8) is 0 Å². The highest BCUT2D eigenvalue weighted by Gasteiger charge is 2.37. The number of ether oxygens (including phenoxy) is 3. The van der Waals surface area contributed by atoms with Crippen molar-refractivity contribution in [2.75, 3.05) is 46.4 Å². The fraction of sp³-hybridized carbons (Fsp3) is 0.451. The van der Waals surface area contributed by atoms with Gasteiger partial charge in [-0.3, -0.25) is 24.0 Å². The molecule has 1 aliphatic heterocycles. The summed E-state index contributed by atoms with van der Waals surface area (Å²) in [6, 6.07) is 12.1. The smallest absolute Gasteiger partial charge is 0.274 e. The van der Waals surface area contributed by atoms with Crippen molar-refractivity contribution < 1.29 is 56.8 Å². The Hall–Kier alpha value is -7.31. The van der Waals surface area contributed by atoms with Gasteiger partial charge in [-0.25, -0.2) is 15.1 Å². The number of amides is 5. The molecule has 6 atom stereocenters. The van der Waals surface area contributed by atoms with Gasteiger partial charge in [0.1, 0.15) is 73.4 Å². The van der Waals surface area contributed by atoms with Crippen LogP contribution >= 0.6 is 0 Å². The first kappa shape index (κ1) is 58.0. The summed E-state index contributed by atoms with van der Waals surface area (Å²) in [6.45, 7) is 2.41. The number of hydrogen-bond donors (Lipinski definition) is 10. The first-order chi connectivity index (χ1) is 36.2. The molecule has 408 valence electrons. The molecule has 13 N–H and O–H groups in total. The van der Waals surface area contributed by atoms with Crippen molar-refractivity contribution in [2.24, 2.45) is 16.6 Å². The van der Waals surface area contributed by atoms with Gasteiger partial charge < -0.3 is 62.1 Å². The van der Waals surface area contributed by atoms with Gasteiger partial charge in [0, 0.05) is 49.8 Å². The summed E-state index contributed by atoms with van der Waals surface area (Å²) in [5.41, 5.74) is 13.5. The number of aliphatic hydroxyl groups excluding tert-OH is 2. The summed E-state index contributed by atoms with van der Waals surface area (Å²) in [5.74, 6) is -3.11. The molecule has 24 nitrogen and oxygen atoms in total. The molecule has 25 heteroatoms. The molecule has 1 aliphatic carbocycles. The Morgan fingerprint density at radius 3 is 2.08 bits per heavy atom. The number of rotatable bonds is 20. The molecule has 6 unspecified atom stereocenters. The van der Waals surface area contributed by atoms with Crippen LogP contribution in [0.25, 0.3) is 22.5 Å². The fourth-order valence-electron chi connectivity index (χ4n) is 8.74. The van der Waals surface area contributed by atoms with E-state index in [2.05, 4.69) is 36.0 Å². The Balaban J connectivity index is 1.41. The van der Waals surface area contributed by atoms with Gasteiger partial charge in [0.05, 0.1) is 29.1 Å². The first-order valence-electron chi connectivity index (χ1n) is 24.7. The molecule has 2 heterocycles. The number of hydrogen-bond acceptors (Lipinski definition) is 17. The third kappa shape index (κ3) is 15.4. The van der Waals surface area contributed by atoms with Crippen LogP contribution in [0.4, 0.5) is 0 Å². The van der Waals surface area contributed by atoms with Crippen molar-refractivity contribution in [3.05, 3.63) is 88.7 Å². The van der Waals surface area contributed by atoms with Crippen LogP contribution in [0, 0.1) is 25.2 Å². The van der Waals surface area contributed by atoms with Crippen LogP contribution in [0.1, 0.15) is 77.9 Å². The molecule has 76 heavy (non-hydrogen) atoms. The molecule has 2 aliphatic rings. The summed E-state index contributed by atoms with van der Waals surface area (Å²) in [7, 11) is -3.27. The first-order valence-corrected chi connectivity index (χ1v) is 26.3. The maximum Gasteiger partial charge on any atom is 0.274 e. The van der Waals surface area contributed by atoms with Gasteiger partial charge in [-0.1, -0.05) is 18.6 Å². The number of benzene rings is 3. The molecule has 1 saturated carbocycles. The number of carbonyl (C=O) groups is 5. The van der Waals surface area contributed by atoms with Gasteiger partial charge in [-0.2, -0.15) is 18.4 Å². The van der Waals surface area contributed by atoms with Gasteiger partial charge in [0.15, 0.2) is 5.82 Å². The minimum Gasteiger partial charge on any atom is -0.490 e. The SMILES string of the molecule is Cc1nc(-c2ccc(OC3CCCCC3)cc2)nc(C)c1C(=O)NC(CNS(N)(=O)=O)C(=O)N(C)C1C(=O)NC(C)C(=O)NC(C(=O)NCC#N)Cc2ccc(OCC(O)CN)c(c2)-c2cc1ccc2OCC(O)CN. The second-order valence-corrected chi connectivity index (χ2v) is 20.0. The van der Waals surface area contributed by atoms with Gasteiger partial charge >= 0.3 is 0 Å². The number of likely N-dealkylation sites (N-methyl/N-ethyl adjacent to an activating group) is 1. The van der Waals surface area contributed by atoms with E-state index in [0.29, 0.717) is 22.7 Å². The van der Waals surface area contributed by atoms with Crippen LogP contribution in [-0.2, 0) is 35.8 Å². The Labute approximate surface area is 440 Å². The van der Waals surface area contributed by atoms with Crippen LogP contribution < -0.4 is 56.8 Å². The number of carbonyl (C=O) groups excluding carboxylic acids is 5. The third-order valence-electron chi connectivity index (χ3n) is 12.8. The molecule has 0 saturated heterocycles. The maximum atomic E-state index is 15.0. The van der Waals surface area contributed by atoms with E-state index >= 15 is 0 Å². The van der Waals surface area contributed by atoms with Crippen LogP contribution in [0.5, 0.6) is 17.2 Å². The largest absolute Gasteiger partial charge is 0.490 e.